The quantitative estimate of drug-likeness (QED) is 0.884. The van der Waals surface area contributed by atoms with Crippen LogP contribution in [0.15, 0.2) is 15.2 Å². The molecule has 6 heteroatoms. The predicted octanol–water partition coefficient (Wildman–Crippen LogP) is 3.39. The number of carbonyl (C=O) groups excluding carboxylic acids is 1. The minimum Gasteiger partial charge on any atom is -0.339 e. The van der Waals surface area contributed by atoms with Gasteiger partial charge in [0.05, 0.1) is 9.35 Å². The Balaban J connectivity index is 0.00000180. The number of amides is 1. The van der Waals surface area contributed by atoms with E-state index >= 15 is 0 Å². The molecular formula is C13H20BrClN2OS. The number of carbonyl (C=O) groups is 1. The summed E-state index contributed by atoms with van der Waals surface area (Å²) < 4.78 is 1.02. The number of likely N-dealkylation sites (tertiary alicyclic amines) is 1. The van der Waals surface area contributed by atoms with Gasteiger partial charge in [0.2, 0.25) is 0 Å². The third kappa shape index (κ3) is 4.74. The Morgan fingerprint density at radius 3 is 2.74 bits per heavy atom. The van der Waals surface area contributed by atoms with Gasteiger partial charge in [0.15, 0.2) is 0 Å². The summed E-state index contributed by atoms with van der Waals surface area (Å²) in [6.45, 7) is 6.03. The molecular weight excluding hydrogens is 348 g/mol. The van der Waals surface area contributed by atoms with Gasteiger partial charge in [-0.05, 0) is 53.8 Å². The molecule has 1 saturated heterocycles. The second kappa shape index (κ2) is 8.25. The molecule has 2 rings (SSSR count). The SMILES string of the molecule is CCNCC1CCN(C(=O)c2csc(Br)c2)CC1.Cl. The summed E-state index contributed by atoms with van der Waals surface area (Å²) in [5.74, 6) is 0.905. The summed E-state index contributed by atoms with van der Waals surface area (Å²) in [6.07, 6.45) is 2.23. The highest BCUT2D eigenvalue weighted by Crippen LogP contribution is 2.24. The van der Waals surface area contributed by atoms with E-state index in [2.05, 4.69) is 28.2 Å². The smallest absolute Gasteiger partial charge is 0.254 e. The van der Waals surface area contributed by atoms with Gasteiger partial charge in [0, 0.05) is 18.5 Å². The third-order valence-electron chi connectivity index (χ3n) is 3.40. The molecule has 19 heavy (non-hydrogen) atoms. The number of nitrogens with zero attached hydrogens (tertiary/aromatic N) is 1. The first kappa shape index (κ1) is 17.0. The van der Waals surface area contributed by atoms with Gasteiger partial charge in [-0.2, -0.15) is 0 Å². The molecule has 2 heterocycles. The second-order valence-electron chi connectivity index (χ2n) is 4.68. The second-order valence-corrected chi connectivity index (χ2v) is 6.97. The first-order valence-corrected chi connectivity index (χ1v) is 8.12. The lowest BCUT2D eigenvalue weighted by atomic mass is 9.96. The lowest BCUT2D eigenvalue weighted by Crippen LogP contribution is -2.40. The van der Waals surface area contributed by atoms with Crippen molar-refractivity contribution in [1.82, 2.24) is 10.2 Å². The van der Waals surface area contributed by atoms with Gasteiger partial charge >= 0.3 is 0 Å². The normalized spacial score (nSPS) is 16.2. The van der Waals surface area contributed by atoms with Crippen molar-refractivity contribution in [2.75, 3.05) is 26.2 Å². The number of rotatable bonds is 4. The zero-order valence-electron chi connectivity index (χ0n) is 11.0. The van der Waals surface area contributed by atoms with Crippen LogP contribution in [0.3, 0.4) is 0 Å². The summed E-state index contributed by atoms with van der Waals surface area (Å²) in [6, 6.07) is 1.91. The Hall–Kier alpha value is -0.100. The molecule has 3 nitrogen and oxygen atoms in total. The van der Waals surface area contributed by atoms with Crippen LogP contribution >= 0.6 is 39.7 Å². The first-order valence-electron chi connectivity index (χ1n) is 6.44. The average Bonchev–Trinajstić information content (AvgIpc) is 2.83. The van der Waals surface area contributed by atoms with E-state index in [0.29, 0.717) is 0 Å². The molecule has 0 radical (unpaired) electrons. The largest absolute Gasteiger partial charge is 0.339 e. The maximum absolute atomic E-state index is 12.2. The van der Waals surface area contributed by atoms with E-state index in [0.717, 1.165) is 54.3 Å². The first-order chi connectivity index (χ1) is 8.70. The highest BCUT2D eigenvalue weighted by molar-refractivity contribution is 9.11. The minimum absolute atomic E-state index is 0. The Morgan fingerprint density at radius 1 is 1.53 bits per heavy atom. The molecule has 1 aliphatic heterocycles. The van der Waals surface area contributed by atoms with E-state index < -0.39 is 0 Å². The van der Waals surface area contributed by atoms with Gasteiger partial charge in [-0.15, -0.1) is 23.7 Å². The summed E-state index contributed by atoms with van der Waals surface area (Å²) in [5, 5.41) is 5.32. The van der Waals surface area contributed by atoms with Crippen LogP contribution in [-0.4, -0.2) is 37.0 Å². The van der Waals surface area contributed by atoms with E-state index in [-0.39, 0.29) is 18.3 Å². The van der Waals surface area contributed by atoms with Crippen LogP contribution in [0.2, 0.25) is 0 Å². The standard InChI is InChI=1S/C13H19BrN2OS.ClH/c1-2-15-8-10-3-5-16(6-4-10)13(17)11-7-12(14)18-9-11;/h7,9-10,15H,2-6,8H2,1H3;1H. The van der Waals surface area contributed by atoms with Crippen molar-refractivity contribution >= 4 is 45.6 Å². The van der Waals surface area contributed by atoms with Gasteiger partial charge < -0.3 is 10.2 Å². The number of hydrogen-bond donors (Lipinski definition) is 1. The molecule has 1 fully saturated rings. The lowest BCUT2D eigenvalue weighted by molar-refractivity contribution is 0.0691. The summed E-state index contributed by atoms with van der Waals surface area (Å²) in [7, 11) is 0. The van der Waals surface area contributed by atoms with Crippen molar-refractivity contribution in [2.45, 2.75) is 19.8 Å². The molecule has 0 aliphatic carbocycles. The summed E-state index contributed by atoms with van der Waals surface area (Å²) in [5.41, 5.74) is 0.817. The number of piperidine rings is 1. The van der Waals surface area contributed by atoms with E-state index in [4.69, 9.17) is 0 Å². The Morgan fingerprint density at radius 2 is 2.21 bits per heavy atom. The van der Waals surface area contributed by atoms with Crippen LogP contribution in [0.4, 0.5) is 0 Å². The number of thiophene rings is 1. The van der Waals surface area contributed by atoms with Crippen molar-refractivity contribution in [1.29, 1.82) is 0 Å². The Labute approximate surface area is 133 Å². The van der Waals surface area contributed by atoms with E-state index in [1.165, 1.54) is 0 Å². The average molecular weight is 368 g/mol. The number of halogens is 2. The Bertz CT molecular complexity index is 405. The minimum atomic E-state index is 0. The molecule has 0 unspecified atom stereocenters. The fraction of sp³-hybridized carbons (Fsp3) is 0.615. The number of nitrogens with one attached hydrogen (secondary N) is 1. The van der Waals surface area contributed by atoms with E-state index in [1.807, 2.05) is 16.3 Å². The van der Waals surface area contributed by atoms with Gasteiger partial charge in [0.25, 0.3) is 5.91 Å². The molecule has 1 aliphatic rings. The van der Waals surface area contributed by atoms with Crippen LogP contribution in [-0.2, 0) is 0 Å². The molecule has 1 aromatic rings. The monoisotopic (exact) mass is 366 g/mol. The zero-order chi connectivity index (χ0) is 13.0. The molecule has 0 aromatic carbocycles. The van der Waals surface area contributed by atoms with Crippen LogP contribution < -0.4 is 5.32 Å². The molecule has 1 amide bonds. The molecule has 108 valence electrons. The molecule has 0 saturated carbocycles. The van der Waals surface area contributed by atoms with Crippen molar-refractivity contribution in [2.24, 2.45) is 5.92 Å². The van der Waals surface area contributed by atoms with Crippen LogP contribution in [0.1, 0.15) is 30.1 Å². The van der Waals surface area contributed by atoms with Gasteiger partial charge in [-0.25, -0.2) is 0 Å². The topological polar surface area (TPSA) is 32.3 Å². The van der Waals surface area contributed by atoms with Crippen molar-refractivity contribution < 1.29 is 4.79 Å². The predicted molar refractivity (Wildman–Crippen MR) is 86.4 cm³/mol. The van der Waals surface area contributed by atoms with Gasteiger partial charge in [-0.3, -0.25) is 4.79 Å². The highest BCUT2D eigenvalue weighted by atomic mass is 79.9. The number of hydrogen-bond acceptors (Lipinski definition) is 3. The maximum Gasteiger partial charge on any atom is 0.254 e. The van der Waals surface area contributed by atoms with Crippen LogP contribution in [0.25, 0.3) is 0 Å². The molecule has 1 N–H and O–H groups in total. The highest BCUT2D eigenvalue weighted by Gasteiger charge is 2.23. The molecule has 1 aromatic heterocycles. The van der Waals surface area contributed by atoms with Crippen LogP contribution in [0, 0.1) is 5.92 Å². The zero-order valence-corrected chi connectivity index (χ0v) is 14.2. The summed E-state index contributed by atoms with van der Waals surface area (Å²) in [4.78, 5) is 14.2. The fourth-order valence-electron chi connectivity index (χ4n) is 2.29. The van der Waals surface area contributed by atoms with E-state index in [1.54, 1.807) is 11.3 Å². The van der Waals surface area contributed by atoms with Crippen molar-refractivity contribution in [3.05, 3.63) is 20.8 Å². The lowest BCUT2D eigenvalue weighted by Gasteiger charge is -2.32. The molecule has 0 atom stereocenters. The van der Waals surface area contributed by atoms with Crippen molar-refractivity contribution in [3.8, 4) is 0 Å². The molecule has 0 bridgehead atoms. The summed E-state index contributed by atoms with van der Waals surface area (Å²) >= 11 is 4.97. The Kier molecular flexibility index (Phi) is 7.36. The van der Waals surface area contributed by atoms with E-state index in [9.17, 15) is 4.79 Å². The molecule has 0 spiro atoms. The van der Waals surface area contributed by atoms with Gasteiger partial charge in [0.1, 0.15) is 0 Å². The van der Waals surface area contributed by atoms with Crippen LogP contribution in [0.5, 0.6) is 0 Å². The fourth-order valence-corrected chi connectivity index (χ4v) is 3.42. The third-order valence-corrected chi connectivity index (χ3v) is 4.90. The maximum atomic E-state index is 12.2. The van der Waals surface area contributed by atoms with Gasteiger partial charge in [-0.1, -0.05) is 6.92 Å². The van der Waals surface area contributed by atoms with Crippen molar-refractivity contribution in [3.63, 3.8) is 0 Å².